The van der Waals surface area contributed by atoms with E-state index in [-0.39, 0.29) is 30.3 Å². The molecule has 216 valence electrons. The molecule has 6 rings (SSSR count). The molecular formula is C28H36FN5O5S. The van der Waals surface area contributed by atoms with E-state index in [1.165, 1.54) is 18.9 Å². The fourth-order valence-electron chi connectivity index (χ4n) is 6.01. The Kier molecular flexibility index (Phi) is 6.90. The van der Waals surface area contributed by atoms with Crippen LogP contribution in [0.2, 0.25) is 0 Å². The number of aromatic nitrogens is 1. The molecule has 1 amide bonds. The number of fused-ring (bicyclic) bond motifs is 1. The molecule has 1 aromatic carbocycles. The van der Waals surface area contributed by atoms with Crippen molar-refractivity contribution in [3.05, 3.63) is 35.5 Å². The van der Waals surface area contributed by atoms with Gasteiger partial charge in [0.15, 0.2) is 11.6 Å². The number of ether oxygens (including phenoxy) is 1. The molecule has 1 saturated carbocycles. The van der Waals surface area contributed by atoms with Crippen LogP contribution in [0.15, 0.2) is 29.2 Å². The molecule has 1 aromatic heterocycles. The first-order chi connectivity index (χ1) is 19.1. The monoisotopic (exact) mass is 573 g/mol. The lowest BCUT2D eigenvalue weighted by Gasteiger charge is -2.35. The van der Waals surface area contributed by atoms with Gasteiger partial charge in [-0.1, -0.05) is 0 Å². The Morgan fingerprint density at radius 2 is 1.88 bits per heavy atom. The van der Waals surface area contributed by atoms with Gasteiger partial charge < -0.3 is 25.0 Å². The number of nitrogens with one attached hydrogen (secondary N) is 2. The van der Waals surface area contributed by atoms with Gasteiger partial charge in [-0.2, -0.15) is 0 Å². The SMILES string of the molecule is CC1(F)CCN(c2nc(C(=O)Nc3ccc(S(=O)(=O)NCCO)cc3N3CCC4(CC3)CC4)cc3c2OCC3)C1. The Hall–Kier alpha value is -2.96. The van der Waals surface area contributed by atoms with Gasteiger partial charge in [0, 0.05) is 44.6 Å². The smallest absolute Gasteiger partial charge is 0.274 e. The molecule has 1 unspecified atom stereocenters. The number of aliphatic hydroxyl groups is 1. The molecule has 2 aromatic rings. The molecule has 10 nitrogen and oxygen atoms in total. The highest BCUT2D eigenvalue weighted by atomic mass is 32.2. The van der Waals surface area contributed by atoms with Crippen LogP contribution in [0.5, 0.6) is 5.75 Å². The van der Waals surface area contributed by atoms with E-state index in [9.17, 15) is 17.6 Å². The molecular weight excluding hydrogens is 537 g/mol. The minimum Gasteiger partial charge on any atom is -0.489 e. The van der Waals surface area contributed by atoms with Gasteiger partial charge in [-0.05, 0) is 62.3 Å². The van der Waals surface area contributed by atoms with E-state index in [1.807, 2.05) is 4.90 Å². The number of aliphatic hydroxyl groups excluding tert-OH is 1. The average molecular weight is 574 g/mol. The van der Waals surface area contributed by atoms with Gasteiger partial charge in [-0.3, -0.25) is 4.79 Å². The molecule has 0 radical (unpaired) electrons. The Morgan fingerprint density at radius 3 is 2.55 bits per heavy atom. The molecule has 0 bridgehead atoms. The van der Waals surface area contributed by atoms with Crippen molar-refractivity contribution in [3.63, 3.8) is 0 Å². The van der Waals surface area contributed by atoms with Crippen molar-refractivity contribution < 1.29 is 27.4 Å². The fourth-order valence-corrected chi connectivity index (χ4v) is 7.05. The Labute approximate surface area is 234 Å². The number of pyridine rings is 1. The lowest BCUT2D eigenvalue weighted by atomic mass is 9.93. The second kappa shape index (κ2) is 10.1. The normalized spacial score (nSPS) is 23.3. The Bertz CT molecular complexity index is 1420. The van der Waals surface area contributed by atoms with Crippen LogP contribution in [0.4, 0.5) is 21.6 Å². The standard InChI is InChI=1S/C28H36FN5O5S/c1-27(29)7-11-34(18-27)25-24-19(4-15-39-24)16-22(31-25)26(36)32-21-3-2-20(40(37,38)30-10-14-35)17-23(21)33-12-8-28(5-6-28)9-13-33/h2-3,16-17,30,35H,4-15,18H2,1H3,(H,32,36). The predicted molar refractivity (Wildman–Crippen MR) is 150 cm³/mol. The largest absolute Gasteiger partial charge is 0.489 e. The zero-order valence-corrected chi connectivity index (χ0v) is 23.5. The van der Waals surface area contributed by atoms with Gasteiger partial charge in [-0.25, -0.2) is 22.5 Å². The Balaban J connectivity index is 1.30. The van der Waals surface area contributed by atoms with Gasteiger partial charge in [-0.15, -0.1) is 0 Å². The zero-order valence-electron chi connectivity index (χ0n) is 22.7. The lowest BCUT2D eigenvalue weighted by molar-refractivity contribution is 0.102. The van der Waals surface area contributed by atoms with Gasteiger partial charge in [0.2, 0.25) is 10.0 Å². The molecule has 1 aliphatic carbocycles. The summed E-state index contributed by atoms with van der Waals surface area (Å²) in [4.78, 5) is 22.3. The second-order valence-corrected chi connectivity index (χ2v) is 13.5. The number of alkyl halides is 1. The van der Waals surface area contributed by atoms with E-state index in [0.717, 1.165) is 31.5 Å². The number of rotatable bonds is 8. The maximum absolute atomic E-state index is 14.6. The van der Waals surface area contributed by atoms with E-state index >= 15 is 0 Å². The molecule has 3 N–H and O–H groups in total. The number of hydrogen-bond donors (Lipinski definition) is 3. The number of piperidine rings is 1. The van der Waals surface area contributed by atoms with Crippen molar-refractivity contribution in [3.8, 4) is 5.75 Å². The summed E-state index contributed by atoms with van der Waals surface area (Å²) in [6, 6.07) is 6.37. The van der Waals surface area contributed by atoms with Gasteiger partial charge in [0.25, 0.3) is 5.91 Å². The molecule has 12 heteroatoms. The molecule has 1 spiro atoms. The molecule has 1 atom stereocenters. The first-order valence-electron chi connectivity index (χ1n) is 14.0. The second-order valence-electron chi connectivity index (χ2n) is 11.7. The van der Waals surface area contributed by atoms with Gasteiger partial charge >= 0.3 is 0 Å². The molecule has 4 heterocycles. The van der Waals surface area contributed by atoms with Crippen molar-refractivity contribution in [2.24, 2.45) is 5.41 Å². The number of benzene rings is 1. The van der Waals surface area contributed by atoms with Crippen LogP contribution in [-0.4, -0.2) is 76.0 Å². The van der Waals surface area contributed by atoms with Crippen LogP contribution in [0.3, 0.4) is 0 Å². The van der Waals surface area contributed by atoms with Crippen LogP contribution < -0.4 is 24.6 Å². The summed E-state index contributed by atoms with van der Waals surface area (Å²) in [6.07, 6.45) is 5.54. The van der Waals surface area contributed by atoms with E-state index in [1.54, 1.807) is 25.1 Å². The number of carbonyl (C=O) groups is 1. The molecule has 3 aliphatic heterocycles. The highest BCUT2D eigenvalue weighted by Crippen LogP contribution is 2.54. The lowest BCUT2D eigenvalue weighted by Crippen LogP contribution is -2.35. The molecule has 4 aliphatic rings. The number of nitrogens with zero attached hydrogens (tertiary/aromatic N) is 3. The number of hydrogen-bond acceptors (Lipinski definition) is 8. The minimum atomic E-state index is -3.83. The van der Waals surface area contributed by atoms with Crippen molar-refractivity contribution in [2.45, 2.75) is 56.0 Å². The van der Waals surface area contributed by atoms with Crippen molar-refractivity contribution in [1.82, 2.24) is 9.71 Å². The summed E-state index contributed by atoms with van der Waals surface area (Å²) >= 11 is 0. The van der Waals surface area contributed by atoms with Crippen LogP contribution in [0, 0.1) is 5.41 Å². The van der Waals surface area contributed by atoms with E-state index in [4.69, 9.17) is 9.84 Å². The quantitative estimate of drug-likeness (QED) is 0.441. The average Bonchev–Trinajstić information content (AvgIpc) is 3.33. The summed E-state index contributed by atoms with van der Waals surface area (Å²) < 4.78 is 48.5. The Morgan fingerprint density at radius 1 is 1.12 bits per heavy atom. The van der Waals surface area contributed by atoms with Gasteiger partial charge in [0.1, 0.15) is 11.4 Å². The number of anilines is 3. The third-order valence-electron chi connectivity index (χ3n) is 8.66. The predicted octanol–water partition coefficient (Wildman–Crippen LogP) is 2.86. The van der Waals surface area contributed by atoms with Crippen molar-refractivity contribution >= 4 is 33.1 Å². The summed E-state index contributed by atoms with van der Waals surface area (Å²) in [6.45, 7) is 3.87. The maximum atomic E-state index is 14.6. The third-order valence-corrected chi connectivity index (χ3v) is 10.1. The maximum Gasteiger partial charge on any atom is 0.274 e. The number of halogens is 1. The minimum absolute atomic E-state index is 0.0686. The summed E-state index contributed by atoms with van der Waals surface area (Å²) in [5, 5.41) is 12.1. The number of sulfonamides is 1. The highest BCUT2D eigenvalue weighted by Gasteiger charge is 2.44. The first-order valence-corrected chi connectivity index (χ1v) is 15.5. The zero-order chi connectivity index (χ0) is 28.1. The van der Waals surface area contributed by atoms with Crippen molar-refractivity contribution in [1.29, 1.82) is 0 Å². The van der Waals surface area contributed by atoms with E-state index in [0.29, 0.717) is 54.4 Å². The van der Waals surface area contributed by atoms with Crippen LogP contribution in [0.1, 0.15) is 55.1 Å². The summed E-state index contributed by atoms with van der Waals surface area (Å²) in [7, 11) is -3.83. The molecule has 3 fully saturated rings. The number of amides is 1. The molecule has 40 heavy (non-hydrogen) atoms. The first kappa shape index (κ1) is 27.2. The van der Waals surface area contributed by atoms with E-state index < -0.39 is 21.6 Å². The highest BCUT2D eigenvalue weighted by molar-refractivity contribution is 7.89. The summed E-state index contributed by atoms with van der Waals surface area (Å²) in [5.74, 6) is 0.676. The van der Waals surface area contributed by atoms with Crippen LogP contribution in [-0.2, 0) is 16.4 Å². The van der Waals surface area contributed by atoms with E-state index in [2.05, 4.69) is 19.9 Å². The third kappa shape index (κ3) is 5.36. The number of carbonyl (C=O) groups excluding carboxylic acids is 1. The summed E-state index contributed by atoms with van der Waals surface area (Å²) in [5.41, 5.74) is 1.29. The van der Waals surface area contributed by atoms with Crippen molar-refractivity contribution in [2.75, 3.05) is 61.1 Å². The topological polar surface area (TPSA) is 124 Å². The fraction of sp³-hybridized carbons (Fsp3) is 0.571. The molecule has 2 saturated heterocycles. The van der Waals surface area contributed by atoms with Crippen LogP contribution in [0.25, 0.3) is 0 Å². The van der Waals surface area contributed by atoms with Crippen LogP contribution >= 0.6 is 0 Å². The van der Waals surface area contributed by atoms with Gasteiger partial charge in [0.05, 0.1) is 36.0 Å².